The van der Waals surface area contributed by atoms with Crippen LogP contribution in [0.5, 0.6) is 0 Å². The van der Waals surface area contributed by atoms with Crippen molar-refractivity contribution in [1.29, 1.82) is 0 Å². The minimum atomic E-state index is -0.633. The molecule has 0 aliphatic heterocycles. The van der Waals surface area contributed by atoms with Gasteiger partial charge in [0.25, 0.3) is 5.91 Å². The van der Waals surface area contributed by atoms with Crippen molar-refractivity contribution >= 4 is 63.5 Å². The largest absolute Gasteiger partial charge is 0.459 e. The number of carbonyl (C=O) groups is 2. The monoisotopic (exact) mass is 567 g/mol. The predicted molar refractivity (Wildman–Crippen MR) is 155 cm³/mol. The van der Waals surface area contributed by atoms with Crippen LogP contribution >= 0.6 is 35.1 Å². The van der Waals surface area contributed by atoms with Gasteiger partial charge in [-0.3, -0.25) is 14.6 Å². The van der Waals surface area contributed by atoms with Crippen LogP contribution in [0.1, 0.15) is 36.7 Å². The molecule has 38 heavy (non-hydrogen) atoms. The molecule has 6 nitrogen and oxygen atoms in total. The Morgan fingerprint density at radius 3 is 2.29 bits per heavy atom. The highest BCUT2D eigenvalue weighted by atomic mass is 35.5. The molecule has 196 valence electrons. The zero-order valence-corrected chi connectivity index (χ0v) is 23.5. The van der Waals surface area contributed by atoms with Crippen LogP contribution in [0.3, 0.4) is 0 Å². The number of pyridine rings is 1. The van der Waals surface area contributed by atoms with Crippen LogP contribution in [0.15, 0.2) is 84.0 Å². The summed E-state index contributed by atoms with van der Waals surface area (Å²) < 4.78 is 7.44. The summed E-state index contributed by atoms with van der Waals surface area (Å²) in [5, 5.41) is 5.53. The van der Waals surface area contributed by atoms with Gasteiger partial charge >= 0.3 is 5.97 Å². The SMILES string of the molecule is CC(C)(C)OC(=O)CN(Sc1cc(Cl)cc(Cl)c1)c1cccc2c(C(=O)NCc3ccncc3)cccc12. The first kappa shape index (κ1) is 27.8. The van der Waals surface area contributed by atoms with E-state index in [1.165, 1.54) is 11.9 Å². The third-order valence-electron chi connectivity index (χ3n) is 5.36. The number of rotatable bonds is 8. The Balaban J connectivity index is 1.69. The van der Waals surface area contributed by atoms with E-state index in [1.807, 2.05) is 67.5 Å². The van der Waals surface area contributed by atoms with E-state index >= 15 is 0 Å². The molecule has 0 saturated heterocycles. The number of esters is 1. The molecule has 0 saturated carbocycles. The zero-order valence-electron chi connectivity index (χ0n) is 21.2. The van der Waals surface area contributed by atoms with Crippen molar-refractivity contribution in [1.82, 2.24) is 10.3 Å². The molecule has 9 heteroatoms. The van der Waals surface area contributed by atoms with Crippen molar-refractivity contribution < 1.29 is 14.3 Å². The number of nitrogens with zero attached hydrogens (tertiary/aromatic N) is 2. The first-order valence-electron chi connectivity index (χ1n) is 11.9. The number of carbonyl (C=O) groups excluding carboxylic acids is 2. The van der Waals surface area contributed by atoms with E-state index in [0.29, 0.717) is 22.2 Å². The van der Waals surface area contributed by atoms with Crippen molar-refractivity contribution in [2.24, 2.45) is 0 Å². The molecule has 1 N–H and O–H groups in total. The van der Waals surface area contributed by atoms with Gasteiger partial charge in [-0.05, 0) is 86.1 Å². The van der Waals surface area contributed by atoms with Crippen LogP contribution in [0, 0.1) is 0 Å². The number of hydrogen-bond donors (Lipinski definition) is 1. The average molecular weight is 569 g/mol. The van der Waals surface area contributed by atoms with E-state index in [9.17, 15) is 9.59 Å². The summed E-state index contributed by atoms with van der Waals surface area (Å²) in [6.07, 6.45) is 3.38. The number of anilines is 1. The van der Waals surface area contributed by atoms with Gasteiger partial charge in [0.2, 0.25) is 0 Å². The van der Waals surface area contributed by atoms with Gasteiger partial charge in [-0.2, -0.15) is 0 Å². The van der Waals surface area contributed by atoms with Crippen LogP contribution in [0.25, 0.3) is 10.8 Å². The van der Waals surface area contributed by atoms with Crippen LogP contribution in [0.4, 0.5) is 5.69 Å². The summed E-state index contributed by atoms with van der Waals surface area (Å²) in [6, 6.07) is 20.1. The Bertz CT molecular complexity index is 1440. The van der Waals surface area contributed by atoms with Crippen molar-refractivity contribution in [3.63, 3.8) is 0 Å². The van der Waals surface area contributed by atoms with Gasteiger partial charge in [0.15, 0.2) is 0 Å². The number of aromatic nitrogens is 1. The van der Waals surface area contributed by atoms with Gasteiger partial charge < -0.3 is 14.4 Å². The molecule has 0 spiro atoms. The van der Waals surface area contributed by atoms with E-state index in [4.69, 9.17) is 27.9 Å². The van der Waals surface area contributed by atoms with Crippen LogP contribution in [-0.2, 0) is 16.1 Å². The molecule has 0 radical (unpaired) electrons. The fourth-order valence-electron chi connectivity index (χ4n) is 3.85. The summed E-state index contributed by atoms with van der Waals surface area (Å²) in [5.74, 6) is -0.584. The molecule has 1 amide bonds. The molecule has 4 rings (SSSR count). The zero-order chi connectivity index (χ0) is 27.3. The second-order valence-electron chi connectivity index (χ2n) is 9.54. The topological polar surface area (TPSA) is 71.5 Å². The van der Waals surface area contributed by atoms with E-state index in [1.54, 1.807) is 36.7 Å². The molecule has 0 aliphatic carbocycles. The molecule has 0 aliphatic rings. The lowest BCUT2D eigenvalue weighted by Crippen LogP contribution is -2.31. The maximum Gasteiger partial charge on any atom is 0.327 e. The van der Waals surface area contributed by atoms with Gasteiger partial charge in [0, 0.05) is 44.8 Å². The molecule has 3 aromatic carbocycles. The average Bonchev–Trinajstić information content (AvgIpc) is 2.85. The molecule has 4 aromatic rings. The number of hydrogen-bond acceptors (Lipinski definition) is 6. The highest BCUT2D eigenvalue weighted by Gasteiger charge is 2.22. The summed E-state index contributed by atoms with van der Waals surface area (Å²) >= 11 is 13.8. The van der Waals surface area contributed by atoms with Gasteiger partial charge in [-0.15, -0.1) is 0 Å². The lowest BCUT2D eigenvalue weighted by molar-refractivity contribution is -0.152. The highest BCUT2D eigenvalue weighted by molar-refractivity contribution is 8.00. The van der Waals surface area contributed by atoms with Gasteiger partial charge in [-0.25, -0.2) is 0 Å². The number of benzene rings is 3. The maximum absolute atomic E-state index is 13.2. The molecule has 0 fully saturated rings. The fourth-order valence-corrected chi connectivity index (χ4v) is 5.55. The van der Waals surface area contributed by atoms with Crippen LogP contribution < -0.4 is 9.62 Å². The minimum absolute atomic E-state index is 0.0380. The smallest absolute Gasteiger partial charge is 0.327 e. The van der Waals surface area contributed by atoms with Crippen molar-refractivity contribution in [2.45, 2.75) is 37.8 Å². The predicted octanol–water partition coefficient (Wildman–Crippen LogP) is 7.33. The molecule has 0 atom stereocenters. The normalized spacial score (nSPS) is 11.3. The van der Waals surface area contributed by atoms with Crippen molar-refractivity contribution in [3.05, 3.63) is 100 Å². The minimum Gasteiger partial charge on any atom is -0.459 e. The van der Waals surface area contributed by atoms with Gasteiger partial charge in [0.1, 0.15) is 12.1 Å². The van der Waals surface area contributed by atoms with Crippen molar-refractivity contribution in [2.75, 3.05) is 10.8 Å². The number of halogens is 2. The Morgan fingerprint density at radius 2 is 1.61 bits per heavy atom. The molecule has 1 heterocycles. The Hall–Kier alpha value is -3.26. The Morgan fingerprint density at radius 1 is 0.947 bits per heavy atom. The van der Waals surface area contributed by atoms with Crippen LogP contribution in [0.2, 0.25) is 10.0 Å². The quantitative estimate of drug-likeness (QED) is 0.177. The van der Waals surface area contributed by atoms with E-state index in [0.717, 1.165) is 26.9 Å². The fraction of sp³-hybridized carbons (Fsp3) is 0.207. The third-order valence-corrected chi connectivity index (χ3v) is 6.79. The number of nitrogens with one attached hydrogen (secondary N) is 1. The van der Waals surface area contributed by atoms with Crippen LogP contribution in [-0.4, -0.2) is 29.0 Å². The van der Waals surface area contributed by atoms with E-state index in [-0.39, 0.29) is 18.4 Å². The first-order chi connectivity index (χ1) is 18.1. The molecular weight excluding hydrogens is 541 g/mol. The maximum atomic E-state index is 13.2. The first-order valence-corrected chi connectivity index (χ1v) is 13.4. The Labute approximate surface area is 236 Å². The lowest BCUT2D eigenvalue weighted by atomic mass is 10.0. The lowest BCUT2D eigenvalue weighted by Gasteiger charge is -2.27. The van der Waals surface area contributed by atoms with E-state index in [2.05, 4.69) is 10.3 Å². The summed E-state index contributed by atoms with van der Waals surface area (Å²) in [6.45, 7) is 5.83. The second kappa shape index (κ2) is 12.1. The Kier molecular flexibility index (Phi) is 8.82. The summed E-state index contributed by atoms with van der Waals surface area (Å²) in [4.78, 5) is 30.8. The summed E-state index contributed by atoms with van der Waals surface area (Å²) in [5.41, 5.74) is 1.60. The van der Waals surface area contributed by atoms with Gasteiger partial charge in [-0.1, -0.05) is 47.5 Å². The molecular formula is C29H27Cl2N3O3S. The standard InChI is InChI=1S/C29H27Cl2N3O3S/c1-29(2,3)37-27(35)18-34(38-22-15-20(30)14-21(31)16-22)26-9-5-6-23-24(26)7-4-8-25(23)28(36)33-17-19-10-12-32-13-11-19/h4-16H,17-18H2,1-3H3,(H,33,36). The number of ether oxygens (including phenoxy) is 1. The second-order valence-corrected chi connectivity index (χ2v) is 11.5. The van der Waals surface area contributed by atoms with E-state index < -0.39 is 5.60 Å². The molecule has 1 aromatic heterocycles. The molecule has 0 bridgehead atoms. The van der Waals surface area contributed by atoms with Gasteiger partial charge in [0.05, 0.1) is 5.69 Å². The van der Waals surface area contributed by atoms with Crippen molar-refractivity contribution in [3.8, 4) is 0 Å². The summed E-state index contributed by atoms with van der Waals surface area (Å²) in [7, 11) is 0. The molecule has 0 unspecified atom stereocenters. The third kappa shape index (κ3) is 7.40. The highest BCUT2D eigenvalue weighted by Crippen LogP contribution is 2.37. The number of amides is 1. The number of fused-ring (bicyclic) bond motifs is 1.